The number of halogens is 2. The van der Waals surface area contributed by atoms with Crippen molar-refractivity contribution >= 4 is 34.9 Å². The van der Waals surface area contributed by atoms with Gasteiger partial charge in [0.2, 0.25) is 0 Å². The summed E-state index contributed by atoms with van der Waals surface area (Å²) in [5, 5.41) is 12.6. The minimum Gasteiger partial charge on any atom is -0.311 e. The van der Waals surface area contributed by atoms with E-state index in [2.05, 4.69) is 20.8 Å². The van der Waals surface area contributed by atoms with Crippen LogP contribution in [0.5, 0.6) is 0 Å². The Hall–Kier alpha value is -0.780. The van der Waals surface area contributed by atoms with Crippen LogP contribution in [-0.4, -0.2) is 27.5 Å². The van der Waals surface area contributed by atoms with Crippen molar-refractivity contribution in [2.45, 2.75) is 17.8 Å². The first-order chi connectivity index (χ1) is 7.18. The predicted octanol–water partition coefficient (Wildman–Crippen LogP) is 0.798. The Morgan fingerprint density at radius 3 is 3.07 bits per heavy atom. The maximum Gasteiger partial charge on any atom is 0.258 e. The molecule has 0 aliphatic carbocycles. The maximum absolute atomic E-state index is 11.3. The second-order valence-corrected chi connectivity index (χ2v) is 4.34. The quantitative estimate of drug-likeness (QED) is 0.679. The summed E-state index contributed by atoms with van der Waals surface area (Å²) in [6.07, 6.45) is 0.830. The third-order valence-corrected chi connectivity index (χ3v) is 2.64. The highest BCUT2D eigenvalue weighted by molar-refractivity contribution is 6.54. The Bertz CT molecular complexity index is 377. The molecular formula is C8H10Cl2N4O. The van der Waals surface area contributed by atoms with Gasteiger partial charge in [-0.05, 0) is 13.0 Å². The number of hydrogen-bond donors (Lipinski definition) is 3. The second kappa shape index (κ2) is 4.38. The zero-order valence-corrected chi connectivity index (χ0v) is 9.32. The number of fused-ring (bicyclic) bond motifs is 1. The van der Waals surface area contributed by atoms with Crippen LogP contribution in [0.4, 0.5) is 5.82 Å². The lowest BCUT2D eigenvalue weighted by molar-refractivity contribution is -0.114. The SMILES string of the molecule is O=C(Nc1n[nH]c2c1CCNC2)C(Cl)Cl. The topological polar surface area (TPSA) is 69.8 Å². The predicted molar refractivity (Wildman–Crippen MR) is 58.1 cm³/mol. The molecule has 1 aliphatic heterocycles. The second-order valence-electron chi connectivity index (χ2n) is 3.25. The highest BCUT2D eigenvalue weighted by Crippen LogP contribution is 2.20. The van der Waals surface area contributed by atoms with Gasteiger partial charge in [0.05, 0.1) is 5.69 Å². The van der Waals surface area contributed by atoms with Crippen molar-refractivity contribution in [1.82, 2.24) is 15.5 Å². The highest BCUT2D eigenvalue weighted by atomic mass is 35.5. The first-order valence-corrected chi connectivity index (χ1v) is 5.41. The van der Waals surface area contributed by atoms with Crippen LogP contribution in [0.3, 0.4) is 0 Å². The molecule has 1 amide bonds. The summed E-state index contributed by atoms with van der Waals surface area (Å²) >= 11 is 10.9. The molecule has 5 nitrogen and oxygen atoms in total. The van der Waals surface area contributed by atoms with E-state index in [9.17, 15) is 4.79 Å². The van der Waals surface area contributed by atoms with Crippen molar-refractivity contribution in [3.05, 3.63) is 11.3 Å². The molecule has 2 rings (SSSR count). The van der Waals surface area contributed by atoms with Gasteiger partial charge >= 0.3 is 0 Å². The molecule has 2 heterocycles. The molecule has 1 aromatic rings. The van der Waals surface area contributed by atoms with Crippen LogP contribution in [0.25, 0.3) is 0 Å². The number of H-pyrrole nitrogens is 1. The summed E-state index contributed by atoms with van der Waals surface area (Å²) in [7, 11) is 0. The van der Waals surface area contributed by atoms with Crippen molar-refractivity contribution in [2.24, 2.45) is 0 Å². The Labute approximate surface area is 96.5 Å². The van der Waals surface area contributed by atoms with Crippen molar-refractivity contribution < 1.29 is 4.79 Å². The highest BCUT2D eigenvalue weighted by Gasteiger charge is 2.20. The smallest absolute Gasteiger partial charge is 0.258 e. The fourth-order valence-electron chi connectivity index (χ4n) is 1.52. The van der Waals surface area contributed by atoms with E-state index >= 15 is 0 Å². The van der Waals surface area contributed by atoms with Crippen molar-refractivity contribution in [3.8, 4) is 0 Å². The minimum absolute atomic E-state index is 0.453. The van der Waals surface area contributed by atoms with Crippen LogP contribution >= 0.6 is 23.2 Å². The van der Waals surface area contributed by atoms with Gasteiger partial charge in [-0.2, -0.15) is 5.10 Å². The third kappa shape index (κ3) is 2.25. The molecule has 1 aromatic heterocycles. The Morgan fingerprint density at radius 1 is 1.53 bits per heavy atom. The lowest BCUT2D eigenvalue weighted by Gasteiger charge is -2.13. The van der Waals surface area contributed by atoms with Gasteiger partial charge < -0.3 is 10.6 Å². The molecule has 0 spiro atoms. The summed E-state index contributed by atoms with van der Waals surface area (Å²) in [5.74, 6) is 0.0777. The average Bonchev–Trinajstić information content (AvgIpc) is 2.62. The number of aromatic amines is 1. The molecule has 3 N–H and O–H groups in total. The molecule has 0 saturated carbocycles. The van der Waals surface area contributed by atoms with Gasteiger partial charge in [-0.15, -0.1) is 0 Å². The van der Waals surface area contributed by atoms with Crippen LogP contribution in [0.1, 0.15) is 11.3 Å². The van der Waals surface area contributed by atoms with Crippen LogP contribution < -0.4 is 10.6 Å². The fourth-order valence-corrected chi connectivity index (χ4v) is 1.63. The van der Waals surface area contributed by atoms with Crippen LogP contribution in [0.2, 0.25) is 0 Å². The largest absolute Gasteiger partial charge is 0.311 e. The molecule has 0 aromatic carbocycles. The average molecular weight is 249 g/mol. The number of rotatable bonds is 2. The number of carbonyl (C=O) groups is 1. The first kappa shape index (κ1) is 10.7. The molecular weight excluding hydrogens is 239 g/mol. The molecule has 7 heteroatoms. The number of alkyl halides is 2. The molecule has 0 radical (unpaired) electrons. The molecule has 0 fully saturated rings. The number of nitrogens with one attached hydrogen (secondary N) is 3. The van der Waals surface area contributed by atoms with Crippen molar-refractivity contribution in [1.29, 1.82) is 0 Å². The van der Waals surface area contributed by atoms with E-state index in [1.807, 2.05) is 0 Å². The van der Waals surface area contributed by atoms with E-state index < -0.39 is 10.7 Å². The van der Waals surface area contributed by atoms with E-state index in [1.165, 1.54) is 0 Å². The zero-order valence-electron chi connectivity index (χ0n) is 7.81. The molecule has 0 bridgehead atoms. The number of aromatic nitrogens is 2. The Balaban J connectivity index is 2.15. The summed E-state index contributed by atoms with van der Waals surface area (Å²) in [4.78, 5) is 10.2. The first-order valence-electron chi connectivity index (χ1n) is 4.54. The molecule has 0 saturated heterocycles. The molecule has 82 valence electrons. The van der Waals surface area contributed by atoms with Gasteiger partial charge in [0.15, 0.2) is 10.7 Å². The lowest BCUT2D eigenvalue weighted by Crippen LogP contribution is -2.25. The minimum atomic E-state index is -1.07. The van der Waals surface area contributed by atoms with E-state index in [1.54, 1.807) is 0 Å². The summed E-state index contributed by atoms with van der Waals surface area (Å²) in [5.41, 5.74) is 2.02. The van der Waals surface area contributed by atoms with Crippen molar-refractivity contribution in [2.75, 3.05) is 11.9 Å². The molecule has 0 atom stereocenters. The maximum atomic E-state index is 11.3. The van der Waals surface area contributed by atoms with E-state index in [0.717, 1.165) is 30.8 Å². The van der Waals surface area contributed by atoms with Gasteiger partial charge in [0.1, 0.15) is 0 Å². The van der Waals surface area contributed by atoms with Gasteiger partial charge in [-0.3, -0.25) is 9.89 Å². The lowest BCUT2D eigenvalue weighted by atomic mass is 10.1. The zero-order chi connectivity index (χ0) is 10.8. The third-order valence-electron chi connectivity index (χ3n) is 2.25. The van der Waals surface area contributed by atoms with Gasteiger partial charge in [0, 0.05) is 12.1 Å². The van der Waals surface area contributed by atoms with Gasteiger partial charge in [-0.1, -0.05) is 23.2 Å². The monoisotopic (exact) mass is 248 g/mol. The van der Waals surface area contributed by atoms with E-state index in [4.69, 9.17) is 23.2 Å². The number of nitrogens with zero attached hydrogens (tertiary/aromatic N) is 1. The van der Waals surface area contributed by atoms with Crippen molar-refractivity contribution in [3.63, 3.8) is 0 Å². The summed E-state index contributed by atoms with van der Waals surface area (Å²) in [6.45, 7) is 1.62. The number of amides is 1. The Kier molecular flexibility index (Phi) is 3.14. The van der Waals surface area contributed by atoms with Crippen LogP contribution in [0, 0.1) is 0 Å². The van der Waals surface area contributed by atoms with E-state index in [-0.39, 0.29) is 0 Å². The number of carbonyl (C=O) groups excluding carboxylic acids is 1. The Morgan fingerprint density at radius 2 is 2.33 bits per heavy atom. The standard InChI is InChI=1S/C8H10Cl2N4O/c9-6(10)8(15)12-7-4-1-2-11-3-5(4)13-14-7/h6,11H,1-3H2,(H2,12,13,14,15). The van der Waals surface area contributed by atoms with E-state index in [0.29, 0.717) is 5.82 Å². The van der Waals surface area contributed by atoms with Gasteiger partial charge in [0.25, 0.3) is 5.91 Å². The number of hydrogen-bond acceptors (Lipinski definition) is 3. The molecule has 0 unspecified atom stereocenters. The summed E-state index contributed by atoms with van der Waals surface area (Å²) < 4.78 is 0. The summed E-state index contributed by atoms with van der Waals surface area (Å²) in [6, 6.07) is 0. The fraction of sp³-hybridized carbons (Fsp3) is 0.500. The van der Waals surface area contributed by atoms with Crippen LogP contribution in [0.15, 0.2) is 0 Å². The van der Waals surface area contributed by atoms with Crippen LogP contribution in [-0.2, 0) is 17.8 Å². The molecule has 15 heavy (non-hydrogen) atoms. The molecule has 1 aliphatic rings. The normalized spacial score (nSPS) is 15.1. The van der Waals surface area contributed by atoms with Gasteiger partial charge in [-0.25, -0.2) is 0 Å². The number of anilines is 1.